The molecule has 6 heteroatoms. The lowest BCUT2D eigenvalue weighted by molar-refractivity contribution is -0.125. The molecule has 2 amide bonds. The maximum absolute atomic E-state index is 12.5. The molecule has 2 aromatic carbocycles. The fourth-order valence-corrected chi connectivity index (χ4v) is 3.57. The van der Waals surface area contributed by atoms with E-state index in [1.54, 1.807) is 11.8 Å². The normalized spacial score (nSPS) is 16.0. The molecule has 28 heavy (non-hydrogen) atoms. The highest BCUT2D eigenvalue weighted by molar-refractivity contribution is 6.00. The fourth-order valence-electron chi connectivity index (χ4n) is 3.57. The van der Waals surface area contributed by atoms with Gasteiger partial charge in [-0.05, 0) is 37.1 Å². The van der Waals surface area contributed by atoms with Gasteiger partial charge < -0.3 is 19.9 Å². The molecule has 0 radical (unpaired) electrons. The number of nitrogens with zero attached hydrogens (tertiary/aromatic N) is 1. The lowest BCUT2D eigenvalue weighted by Gasteiger charge is -2.32. The molecule has 0 saturated heterocycles. The van der Waals surface area contributed by atoms with Gasteiger partial charge in [0.1, 0.15) is 5.75 Å². The van der Waals surface area contributed by atoms with Gasteiger partial charge in [0, 0.05) is 36.6 Å². The van der Waals surface area contributed by atoms with Crippen LogP contribution in [0.5, 0.6) is 5.75 Å². The number of ether oxygens (including phenoxy) is 1. The van der Waals surface area contributed by atoms with Gasteiger partial charge >= 0.3 is 0 Å². The summed E-state index contributed by atoms with van der Waals surface area (Å²) in [5.74, 6) is 0.490. The summed E-state index contributed by atoms with van der Waals surface area (Å²) < 4.78 is 5.63. The zero-order valence-corrected chi connectivity index (χ0v) is 15.8. The van der Waals surface area contributed by atoms with Gasteiger partial charge in [-0.15, -0.1) is 0 Å². The van der Waals surface area contributed by atoms with Gasteiger partial charge in [-0.25, -0.2) is 0 Å². The van der Waals surface area contributed by atoms with Crippen LogP contribution in [0.1, 0.15) is 18.9 Å². The van der Waals surface area contributed by atoms with Crippen LogP contribution >= 0.6 is 0 Å². The first-order valence-electron chi connectivity index (χ1n) is 9.52. The lowest BCUT2D eigenvalue weighted by Crippen LogP contribution is -2.45. The average molecular weight is 377 g/mol. The second-order valence-electron chi connectivity index (χ2n) is 6.93. The van der Waals surface area contributed by atoms with E-state index in [1.807, 2.05) is 48.7 Å². The number of benzene rings is 2. The number of hydrogen-bond acceptors (Lipinski definition) is 3. The first-order chi connectivity index (χ1) is 13.6. The summed E-state index contributed by atoms with van der Waals surface area (Å²) in [4.78, 5) is 29.6. The Morgan fingerprint density at radius 1 is 1.18 bits per heavy atom. The maximum Gasteiger partial charge on any atom is 0.267 e. The highest BCUT2D eigenvalue weighted by Gasteiger charge is 2.31. The van der Waals surface area contributed by atoms with Crippen LogP contribution in [0.3, 0.4) is 0 Å². The van der Waals surface area contributed by atoms with Crippen molar-refractivity contribution in [3.8, 4) is 5.75 Å². The van der Waals surface area contributed by atoms with Crippen LogP contribution < -0.4 is 15.0 Å². The number of aromatic amines is 1. The minimum Gasteiger partial charge on any atom is -0.479 e. The SMILES string of the molecule is C[C@H]1Oc2ccccc2N(CCC(=O)NCCc2c[nH]c3ccccc23)C1=O. The number of nitrogens with one attached hydrogen (secondary N) is 2. The predicted molar refractivity (Wildman–Crippen MR) is 109 cm³/mol. The van der Waals surface area contributed by atoms with Crippen molar-refractivity contribution in [1.29, 1.82) is 0 Å². The number of hydrogen-bond donors (Lipinski definition) is 2. The molecule has 0 aliphatic carbocycles. The van der Waals surface area contributed by atoms with E-state index in [-0.39, 0.29) is 18.2 Å². The molecule has 1 aliphatic rings. The van der Waals surface area contributed by atoms with E-state index in [1.165, 1.54) is 10.9 Å². The molecule has 0 bridgehead atoms. The van der Waals surface area contributed by atoms with E-state index in [2.05, 4.69) is 16.4 Å². The third-order valence-corrected chi connectivity index (χ3v) is 5.03. The number of aromatic nitrogens is 1. The summed E-state index contributed by atoms with van der Waals surface area (Å²) in [6.45, 7) is 2.62. The van der Waals surface area contributed by atoms with Crippen molar-refractivity contribution < 1.29 is 14.3 Å². The second kappa shape index (κ2) is 7.76. The van der Waals surface area contributed by atoms with E-state index >= 15 is 0 Å². The molecule has 0 spiro atoms. The number of fused-ring (bicyclic) bond motifs is 2. The first-order valence-corrected chi connectivity index (χ1v) is 9.52. The molecule has 144 valence electrons. The van der Waals surface area contributed by atoms with Crippen molar-refractivity contribution in [3.63, 3.8) is 0 Å². The molecular weight excluding hydrogens is 354 g/mol. The number of carbonyl (C=O) groups excluding carboxylic acids is 2. The minimum atomic E-state index is -0.542. The van der Waals surface area contributed by atoms with E-state index in [4.69, 9.17) is 4.74 Å². The standard InChI is InChI=1S/C22H23N3O3/c1-15-22(27)25(19-8-4-5-9-20(19)28-15)13-11-21(26)23-12-10-16-14-24-18-7-3-2-6-17(16)18/h2-9,14-15,24H,10-13H2,1H3,(H,23,26)/t15-/m1/s1. The number of para-hydroxylation sites is 3. The van der Waals surface area contributed by atoms with Crippen LogP contribution in [-0.2, 0) is 16.0 Å². The van der Waals surface area contributed by atoms with Crippen molar-refractivity contribution in [2.45, 2.75) is 25.9 Å². The number of H-pyrrole nitrogens is 1. The zero-order chi connectivity index (χ0) is 19.5. The Bertz CT molecular complexity index is 1010. The Morgan fingerprint density at radius 2 is 1.96 bits per heavy atom. The van der Waals surface area contributed by atoms with Crippen LogP contribution in [0.25, 0.3) is 10.9 Å². The molecule has 4 rings (SSSR count). The Hall–Kier alpha value is -3.28. The fraction of sp³-hybridized carbons (Fsp3) is 0.273. The number of carbonyl (C=O) groups is 2. The Kier molecular flexibility index (Phi) is 5.02. The maximum atomic E-state index is 12.5. The summed E-state index contributed by atoms with van der Waals surface area (Å²) >= 11 is 0. The van der Waals surface area contributed by atoms with Gasteiger partial charge in [-0.2, -0.15) is 0 Å². The quantitative estimate of drug-likeness (QED) is 0.693. The van der Waals surface area contributed by atoms with Gasteiger partial charge in [0.25, 0.3) is 5.91 Å². The van der Waals surface area contributed by atoms with E-state index in [0.717, 1.165) is 17.6 Å². The largest absolute Gasteiger partial charge is 0.479 e. The van der Waals surface area contributed by atoms with Crippen LogP contribution in [0, 0.1) is 0 Å². The van der Waals surface area contributed by atoms with Gasteiger partial charge in [0.05, 0.1) is 5.69 Å². The lowest BCUT2D eigenvalue weighted by atomic mass is 10.1. The van der Waals surface area contributed by atoms with Crippen molar-refractivity contribution >= 4 is 28.4 Å². The average Bonchev–Trinajstić information content (AvgIpc) is 3.12. The van der Waals surface area contributed by atoms with Gasteiger partial charge in [0.2, 0.25) is 5.91 Å². The second-order valence-corrected chi connectivity index (χ2v) is 6.93. The van der Waals surface area contributed by atoms with E-state index < -0.39 is 6.10 Å². The number of anilines is 1. The van der Waals surface area contributed by atoms with Crippen LogP contribution in [0.15, 0.2) is 54.7 Å². The van der Waals surface area contributed by atoms with Crippen LogP contribution in [0.2, 0.25) is 0 Å². The molecule has 6 nitrogen and oxygen atoms in total. The van der Waals surface area contributed by atoms with Crippen LogP contribution in [-0.4, -0.2) is 36.0 Å². The van der Waals surface area contributed by atoms with Crippen LogP contribution in [0.4, 0.5) is 5.69 Å². The molecule has 0 fully saturated rings. The highest BCUT2D eigenvalue weighted by atomic mass is 16.5. The smallest absolute Gasteiger partial charge is 0.267 e. The first kappa shape index (κ1) is 18.1. The van der Waals surface area contributed by atoms with Crippen molar-refractivity contribution in [3.05, 3.63) is 60.3 Å². The molecular formula is C22H23N3O3. The van der Waals surface area contributed by atoms with Gasteiger partial charge in [0.15, 0.2) is 6.10 Å². The summed E-state index contributed by atoms with van der Waals surface area (Å²) in [6.07, 6.45) is 2.45. The van der Waals surface area contributed by atoms with Gasteiger partial charge in [-0.1, -0.05) is 30.3 Å². The molecule has 2 N–H and O–H groups in total. The molecule has 1 aromatic heterocycles. The molecule has 0 saturated carbocycles. The third kappa shape index (κ3) is 3.58. The summed E-state index contributed by atoms with van der Waals surface area (Å²) in [5, 5.41) is 4.13. The molecule has 3 aromatic rings. The third-order valence-electron chi connectivity index (χ3n) is 5.03. The van der Waals surface area contributed by atoms with Crippen molar-refractivity contribution in [2.24, 2.45) is 0 Å². The van der Waals surface area contributed by atoms with Gasteiger partial charge in [-0.3, -0.25) is 9.59 Å². The highest BCUT2D eigenvalue weighted by Crippen LogP contribution is 2.33. The predicted octanol–water partition coefficient (Wildman–Crippen LogP) is 3.03. The monoisotopic (exact) mass is 377 g/mol. The summed E-state index contributed by atoms with van der Waals surface area (Å²) in [6, 6.07) is 15.5. The molecule has 0 unspecified atom stereocenters. The molecule has 1 aliphatic heterocycles. The minimum absolute atomic E-state index is 0.0655. The van der Waals surface area contributed by atoms with E-state index in [9.17, 15) is 9.59 Å². The Morgan fingerprint density at radius 3 is 2.86 bits per heavy atom. The van der Waals surface area contributed by atoms with E-state index in [0.29, 0.717) is 18.8 Å². The molecule has 1 atom stereocenters. The summed E-state index contributed by atoms with van der Waals surface area (Å²) in [7, 11) is 0. The Balaban J connectivity index is 1.31. The summed E-state index contributed by atoms with van der Waals surface area (Å²) in [5.41, 5.74) is 3.00. The Labute approximate surface area is 163 Å². The van der Waals surface area contributed by atoms with Crippen molar-refractivity contribution in [2.75, 3.05) is 18.0 Å². The molecule has 2 heterocycles. The topological polar surface area (TPSA) is 74.4 Å². The number of amides is 2. The van der Waals surface area contributed by atoms with Crippen molar-refractivity contribution in [1.82, 2.24) is 10.3 Å². The zero-order valence-electron chi connectivity index (χ0n) is 15.8. The number of rotatable bonds is 6.